The molecule has 3 aromatic heterocycles. The van der Waals surface area contributed by atoms with Gasteiger partial charge in [0.2, 0.25) is 5.91 Å². The van der Waals surface area contributed by atoms with Crippen molar-refractivity contribution in [3.63, 3.8) is 0 Å². The molecule has 0 saturated heterocycles. The lowest BCUT2D eigenvalue weighted by Crippen LogP contribution is -2.29. The first-order valence-corrected chi connectivity index (χ1v) is 8.77. The van der Waals surface area contributed by atoms with Crippen LogP contribution in [0.1, 0.15) is 12.6 Å². The first-order valence-electron chi connectivity index (χ1n) is 8.77. The molecule has 0 bridgehead atoms. The minimum Gasteiger partial charge on any atom is -0.323 e. The van der Waals surface area contributed by atoms with Crippen LogP contribution in [0.25, 0.3) is 22.1 Å². The van der Waals surface area contributed by atoms with Crippen molar-refractivity contribution in [3.8, 4) is 0 Å². The van der Waals surface area contributed by atoms with Crippen LogP contribution in [-0.2, 0) is 24.9 Å². The second-order valence-corrected chi connectivity index (χ2v) is 6.45. The molecule has 1 aromatic carbocycles. The summed E-state index contributed by atoms with van der Waals surface area (Å²) in [4.78, 5) is 29.6. The summed E-state index contributed by atoms with van der Waals surface area (Å²) in [5.74, 6) is -0.279. The molecule has 0 aliphatic heterocycles. The van der Waals surface area contributed by atoms with Crippen molar-refractivity contribution in [1.82, 2.24) is 23.9 Å². The summed E-state index contributed by atoms with van der Waals surface area (Å²) in [6.07, 6.45) is 1.60. The molecule has 0 saturated carbocycles. The second-order valence-electron chi connectivity index (χ2n) is 6.45. The highest BCUT2D eigenvalue weighted by atomic mass is 16.2. The van der Waals surface area contributed by atoms with E-state index in [0.29, 0.717) is 12.2 Å². The van der Waals surface area contributed by atoms with E-state index in [1.165, 1.54) is 4.57 Å². The number of amides is 1. The number of carbonyl (C=O) groups excluding carboxylic acids is 1. The van der Waals surface area contributed by atoms with Crippen molar-refractivity contribution in [2.75, 3.05) is 5.32 Å². The van der Waals surface area contributed by atoms with Crippen LogP contribution in [0, 0.1) is 6.92 Å². The van der Waals surface area contributed by atoms with Gasteiger partial charge in [-0.15, -0.1) is 0 Å². The summed E-state index contributed by atoms with van der Waals surface area (Å²) in [6.45, 7) is 4.30. The summed E-state index contributed by atoms with van der Waals surface area (Å²) in [5.41, 5.74) is 3.57. The topological polar surface area (TPSA) is 86.7 Å². The highest BCUT2D eigenvalue weighted by Crippen LogP contribution is 2.19. The van der Waals surface area contributed by atoms with Crippen LogP contribution in [0.3, 0.4) is 0 Å². The molecule has 0 atom stereocenters. The third-order valence-electron chi connectivity index (χ3n) is 4.69. The third-order valence-corrected chi connectivity index (χ3v) is 4.69. The number of rotatable bonds is 4. The maximum Gasteiger partial charge on any atom is 0.329 e. The minimum atomic E-state index is -0.279. The zero-order chi connectivity index (χ0) is 19.1. The Morgan fingerprint density at radius 2 is 1.89 bits per heavy atom. The van der Waals surface area contributed by atoms with E-state index in [1.54, 1.807) is 15.4 Å². The highest BCUT2D eigenvalue weighted by Gasteiger charge is 2.15. The van der Waals surface area contributed by atoms with E-state index in [9.17, 15) is 9.59 Å². The van der Waals surface area contributed by atoms with E-state index in [4.69, 9.17) is 0 Å². The second kappa shape index (κ2) is 6.39. The number of aryl methyl sites for hydroxylation is 3. The third kappa shape index (κ3) is 2.79. The molecule has 3 heterocycles. The smallest absolute Gasteiger partial charge is 0.323 e. The molecule has 8 nitrogen and oxygen atoms in total. The fraction of sp³-hybridized carbons (Fsp3) is 0.263. The van der Waals surface area contributed by atoms with Crippen molar-refractivity contribution in [3.05, 3.63) is 52.7 Å². The van der Waals surface area contributed by atoms with Gasteiger partial charge in [0.1, 0.15) is 6.54 Å². The van der Waals surface area contributed by atoms with Gasteiger partial charge in [0.15, 0.2) is 5.65 Å². The Kier molecular flexibility index (Phi) is 4.02. The molecule has 0 unspecified atom stereocenters. The maximum absolute atomic E-state index is 12.7. The van der Waals surface area contributed by atoms with Gasteiger partial charge in [-0.2, -0.15) is 5.10 Å². The lowest BCUT2D eigenvalue weighted by molar-refractivity contribution is -0.116. The SMILES string of the molecule is CCn1c(=O)n(CC(=O)Nc2cnc3c(c2)c(C)nn3C)c2ccccc21. The molecule has 1 N–H and O–H groups in total. The first kappa shape index (κ1) is 17.0. The number of aromatic nitrogens is 5. The van der Waals surface area contributed by atoms with E-state index in [1.807, 2.05) is 51.2 Å². The minimum absolute atomic E-state index is 0.0591. The predicted molar refractivity (Wildman–Crippen MR) is 104 cm³/mol. The molecule has 4 rings (SSSR count). The molecule has 138 valence electrons. The molecule has 27 heavy (non-hydrogen) atoms. The Morgan fingerprint density at radius 3 is 2.59 bits per heavy atom. The van der Waals surface area contributed by atoms with Gasteiger partial charge in [0.25, 0.3) is 0 Å². The Hall–Kier alpha value is -3.42. The van der Waals surface area contributed by atoms with Gasteiger partial charge in [-0.3, -0.25) is 18.6 Å². The number of nitrogens with one attached hydrogen (secondary N) is 1. The predicted octanol–water partition coefficient (Wildman–Crippen LogP) is 2.05. The molecule has 0 fully saturated rings. The van der Waals surface area contributed by atoms with Crippen LogP contribution < -0.4 is 11.0 Å². The zero-order valence-corrected chi connectivity index (χ0v) is 15.4. The van der Waals surface area contributed by atoms with Crippen LogP contribution in [0.4, 0.5) is 5.69 Å². The standard InChI is InChI=1S/C19H20N6O2/c1-4-24-15-7-5-6-8-16(15)25(19(24)27)11-17(26)21-13-9-14-12(2)22-23(3)18(14)20-10-13/h5-10H,4,11H2,1-3H3,(H,21,26). The summed E-state index contributed by atoms with van der Waals surface area (Å²) in [5, 5.41) is 8.04. The van der Waals surface area contributed by atoms with Gasteiger partial charge in [-0.25, -0.2) is 9.78 Å². The molecule has 0 aliphatic carbocycles. The number of anilines is 1. The van der Waals surface area contributed by atoms with Gasteiger partial charge in [-0.05, 0) is 32.0 Å². The van der Waals surface area contributed by atoms with Crippen molar-refractivity contribution in [1.29, 1.82) is 0 Å². The summed E-state index contributed by atoms with van der Waals surface area (Å²) < 4.78 is 4.86. The number of hydrogen-bond donors (Lipinski definition) is 1. The number of nitrogens with zero attached hydrogens (tertiary/aromatic N) is 5. The number of carbonyl (C=O) groups is 1. The average molecular weight is 364 g/mol. The number of para-hydroxylation sites is 2. The number of pyridine rings is 1. The largest absolute Gasteiger partial charge is 0.329 e. The molecule has 0 spiro atoms. The van der Waals surface area contributed by atoms with Gasteiger partial charge < -0.3 is 5.32 Å². The van der Waals surface area contributed by atoms with Crippen LogP contribution in [0.5, 0.6) is 0 Å². The Balaban J connectivity index is 1.64. The monoisotopic (exact) mass is 364 g/mol. The highest BCUT2D eigenvalue weighted by molar-refractivity contribution is 5.93. The Labute approximate surface area is 155 Å². The molecule has 1 amide bonds. The fourth-order valence-corrected chi connectivity index (χ4v) is 3.45. The number of benzene rings is 1. The molecular weight excluding hydrogens is 344 g/mol. The molecule has 0 radical (unpaired) electrons. The summed E-state index contributed by atoms with van der Waals surface area (Å²) in [6, 6.07) is 9.33. The maximum atomic E-state index is 12.7. The first-order chi connectivity index (χ1) is 13.0. The molecule has 0 aliphatic rings. The number of hydrogen-bond acceptors (Lipinski definition) is 4. The normalized spacial score (nSPS) is 11.4. The van der Waals surface area contributed by atoms with Gasteiger partial charge in [-0.1, -0.05) is 12.1 Å². The van der Waals surface area contributed by atoms with Crippen LogP contribution in [0.2, 0.25) is 0 Å². The Morgan fingerprint density at radius 1 is 1.19 bits per heavy atom. The van der Waals surface area contributed by atoms with Crippen molar-refractivity contribution >= 4 is 33.7 Å². The van der Waals surface area contributed by atoms with Crippen LogP contribution >= 0.6 is 0 Å². The average Bonchev–Trinajstić information content (AvgIpc) is 3.08. The Bertz CT molecular complexity index is 1230. The lowest BCUT2D eigenvalue weighted by atomic mass is 10.2. The van der Waals surface area contributed by atoms with Crippen molar-refractivity contribution in [2.45, 2.75) is 26.9 Å². The van der Waals surface area contributed by atoms with Gasteiger partial charge in [0.05, 0.1) is 28.6 Å². The fourth-order valence-electron chi connectivity index (χ4n) is 3.45. The zero-order valence-electron chi connectivity index (χ0n) is 15.4. The van der Waals surface area contributed by atoms with Crippen LogP contribution in [0.15, 0.2) is 41.3 Å². The lowest BCUT2D eigenvalue weighted by Gasteiger charge is -2.06. The molecule has 4 aromatic rings. The van der Waals surface area contributed by atoms with E-state index in [2.05, 4.69) is 15.4 Å². The summed E-state index contributed by atoms with van der Waals surface area (Å²) >= 11 is 0. The van der Waals surface area contributed by atoms with Gasteiger partial charge >= 0.3 is 5.69 Å². The number of fused-ring (bicyclic) bond motifs is 2. The van der Waals surface area contributed by atoms with E-state index in [-0.39, 0.29) is 18.1 Å². The quantitative estimate of drug-likeness (QED) is 0.600. The van der Waals surface area contributed by atoms with E-state index in [0.717, 1.165) is 27.8 Å². The number of imidazole rings is 1. The van der Waals surface area contributed by atoms with Crippen molar-refractivity contribution in [2.24, 2.45) is 7.05 Å². The van der Waals surface area contributed by atoms with Gasteiger partial charge in [0, 0.05) is 19.0 Å². The van der Waals surface area contributed by atoms with E-state index < -0.39 is 0 Å². The summed E-state index contributed by atoms with van der Waals surface area (Å²) in [7, 11) is 1.83. The van der Waals surface area contributed by atoms with Crippen LogP contribution in [-0.4, -0.2) is 29.8 Å². The molecule has 8 heteroatoms. The van der Waals surface area contributed by atoms with E-state index >= 15 is 0 Å². The van der Waals surface area contributed by atoms with Crippen molar-refractivity contribution < 1.29 is 4.79 Å². The molecular formula is C19H20N6O2.